The van der Waals surface area contributed by atoms with E-state index in [9.17, 15) is 0 Å². The molecule has 1 fully saturated rings. The number of hydrogen-bond acceptors (Lipinski definition) is 5. The van der Waals surface area contributed by atoms with E-state index in [1.807, 2.05) is 44.2 Å². The monoisotopic (exact) mass is 323 g/mol. The quantitative estimate of drug-likeness (QED) is 0.717. The molecule has 0 N–H and O–H groups in total. The maximum Gasteiger partial charge on any atom is 0.226 e. The van der Waals surface area contributed by atoms with Gasteiger partial charge in [0.15, 0.2) is 0 Å². The van der Waals surface area contributed by atoms with E-state index in [2.05, 4.69) is 15.0 Å². The Balaban J connectivity index is 1.54. The van der Waals surface area contributed by atoms with Gasteiger partial charge in [0, 0.05) is 23.7 Å². The minimum atomic E-state index is 0.355. The molecule has 0 radical (unpaired) electrons. The highest BCUT2D eigenvalue weighted by molar-refractivity contribution is 5.52. The third-order valence-corrected chi connectivity index (χ3v) is 4.72. The first-order valence-corrected chi connectivity index (χ1v) is 8.39. The Labute approximate surface area is 141 Å². The number of aromatic nitrogens is 2. The van der Waals surface area contributed by atoms with E-state index in [4.69, 9.17) is 8.94 Å². The lowest BCUT2D eigenvalue weighted by Gasteiger charge is -2.23. The van der Waals surface area contributed by atoms with Crippen LogP contribution in [0.3, 0.4) is 0 Å². The molecule has 3 aromatic rings. The van der Waals surface area contributed by atoms with Gasteiger partial charge < -0.3 is 8.94 Å². The molecule has 3 heterocycles. The Hall–Kier alpha value is -2.40. The lowest BCUT2D eigenvalue weighted by Crippen LogP contribution is -2.23. The molecule has 0 unspecified atom stereocenters. The minimum absolute atomic E-state index is 0.355. The predicted molar refractivity (Wildman–Crippen MR) is 90.3 cm³/mol. The van der Waals surface area contributed by atoms with Gasteiger partial charge in [-0.25, -0.2) is 4.98 Å². The maximum atomic E-state index is 5.67. The van der Waals surface area contributed by atoms with Gasteiger partial charge >= 0.3 is 0 Å². The zero-order valence-corrected chi connectivity index (χ0v) is 14.0. The molecule has 0 bridgehead atoms. The van der Waals surface area contributed by atoms with Crippen molar-refractivity contribution in [2.24, 2.45) is 0 Å². The van der Waals surface area contributed by atoms with Gasteiger partial charge in [-0.05, 0) is 45.4 Å². The highest BCUT2D eigenvalue weighted by atomic mass is 16.5. The second-order valence-electron chi connectivity index (χ2n) is 6.38. The van der Waals surface area contributed by atoms with Crippen LogP contribution in [-0.4, -0.2) is 21.6 Å². The van der Waals surface area contributed by atoms with Gasteiger partial charge in [-0.3, -0.25) is 4.90 Å². The van der Waals surface area contributed by atoms with Crippen molar-refractivity contribution < 1.29 is 8.94 Å². The largest absolute Gasteiger partial charge is 0.444 e. The van der Waals surface area contributed by atoms with E-state index >= 15 is 0 Å². The van der Waals surface area contributed by atoms with E-state index in [0.29, 0.717) is 11.9 Å². The second-order valence-corrected chi connectivity index (χ2v) is 6.38. The lowest BCUT2D eigenvalue weighted by atomic mass is 10.0. The number of aryl methyl sites for hydroxylation is 2. The fourth-order valence-corrected chi connectivity index (χ4v) is 3.61. The average Bonchev–Trinajstić information content (AvgIpc) is 3.31. The summed E-state index contributed by atoms with van der Waals surface area (Å²) in [7, 11) is 0. The molecular weight excluding hydrogens is 302 g/mol. The summed E-state index contributed by atoms with van der Waals surface area (Å²) in [4.78, 5) is 7.10. The summed E-state index contributed by atoms with van der Waals surface area (Å²) in [5.41, 5.74) is 4.20. The van der Waals surface area contributed by atoms with Gasteiger partial charge in [0.05, 0.1) is 11.4 Å². The molecule has 24 heavy (non-hydrogen) atoms. The first-order valence-electron chi connectivity index (χ1n) is 8.39. The molecule has 1 aromatic carbocycles. The maximum absolute atomic E-state index is 5.67. The van der Waals surface area contributed by atoms with Crippen LogP contribution in [-0.2, 0) is 6.54 Å². The summed E-state index contributed by atoms with van der Waals surface area (Å²) in [5, 5.41) is 4.11. The van der Waals surface area contributed by atoms with Gasteiger partial charge in [-0.2, -0.15) is 0 Å². The number of oxazole rings is 1. The Bertz CT molecular complexity index is 803. The van der Waals surface area contributed by atoms with Crippen LogP contribution in [0.15, 0.2) is 45.5 Å². The van der Waals surface area contributed by atoms with E-state index < -0.39 is 0 Å². The fourth-order valence-electron chi connectivity index (χ4n) is 3.61. The van der Waals surface area contributed by atoms with E-state index in [1.54, 1.807) is 6.26 Å². The van der Waals surface area contributed by atoms with Crippen molar-refractivity contribution in [1.82, 2.24) is 15.0 Å². The van der Waals surface area contributed by atoms with E-state index in [0.717, 1.165) is 42.2 Å². The van der Waals surface area contributed by atoms with Crippen molar-refractivity contribution in [3.8, 4) is 11.5 Å². The Morgan fingerprint density at radius 2 is 2.04 bits per heavy atom. The molecule has 1 aliphatic rings. The van der Waals surface area contributed by atoms with E-state index in [-0.39, 0.29) is 0 Å². The fraction of sp³-hybridized carbons (Fsp3) is 0.368. The van der Waals surface area contributed by atoms with Gasteiger partial charge in [0.2, 0.25) is 5.89 Å². The number of hydrogen-bond donors (Lipinski definition) is 0. The van der Waals surface area contributed by atoms with Crippen LogP contribution in [0, 0.1) is 13.8 Å². The number of likely N-dealkylation sites (tertiary alicyclic amines) is 1. The van der Waals surface area contributed by atoms with Crippen molar-refractivity contribution in [3.63, 3.8) is 0 Å². The van der Waals surface area contributed by atoms with E-state index in [1.165, 1.54) is 12.0 Å². The van der Waals surface area contributed by atoms with Crippen LogP contribution >= 0.6 is 0 Å². The standard InChI is InChI=1S/C19H21N3O2/c1-13-18(14(2)24-21-13)17-9-6-10-22(17)11-16-12-23-19(20-16)15-7-4-3-5-8-15/h3-5,7-8,12,17H,6,9-11H2,1-2H3/t17-/m1/s1. The summed E-state index contributed by atoms with van der Waals surface area (Å²) < 4.78 is 11.0. The zero-order valence-electron chi connectivity index (χ0n) is 14.0. The van der Waals surface area contributed by atoms with Gasteiger partial charge in [0.25, 0.3) is 0 Å². The summed E-state index contributed by atoms with van der Waals surface area (Å²) in [6.45, 7) is 5.86. The molecule has 1 saturated heterocycles. The molecule has 0 amide bonds. The molecule has 2 aromatic heterocycles. The molecule has 0 spiro atoms. The van der Waals surface area contributed by atoms with Gasteiger partial charge in [-0.15, -0.1) is 0 Å². The molecule has 124 valence electrons. The molecule has 4 rings (SSSR count). The molecule has 1 atom stereocenters. The first-order chi connectivity index (χ1) is 11.7. The third kappa shape index (κ3) is 2.76. The van der Waals surface area contributed by atoms with Crippen LogP contribution in [0.2, 0.25) is 0 Å². The molecular formula is C19H21N3O2. The number of benzene rings is 1. The van der Waals surface area contributed by atoms with Crippen molar-refractivity contribution >= 4 is 0 Å². The SMILES string of the molecule is Cc1noc(C)c1[C@H]1CCCN1Cc1coc(-c2ccccc2)n1. The van der Waals surface area contributed by atoms with Crippen molar-refractivity contribution in [2.45, 2.75) is 39.3 Å². The molecule has 0 saturated carbocycles. The van der Waals surface area contributed by atoms with Crippen LogP contribution in [0.1, 0.15) is 41.6 Å². The van der Waals surface area contributed by atoms with Gasteiger partial charge in [-0.1, -0.05) is 23.4 Å². The van der Waals surface area contributed by atoms with Crippen LogP contribution < -0.4 is 0 Å². The van der Waals surface area contributed by atoms with Crippen LogP contribution in [0.5, 0.6) is 0 Å². The molecule has 5 nitrogen and oxygen atoms in total. The highest BCUT2D eigenvalue weighted by Gasteiger charge is 2.31. The topological polar surface area (TPSA) is 55.3 Å². The first kappa shape index (κ1) is 15.1. The lowest BCUT2D eigenvalue weighted by molar-refractivity contribution is 0.242. The zero-order chi connectivity index (χ0) is 16.5. The van der Waals surface area contributed by atoms with Crippen molar-refractivity contribution in [2.75, 3.05) is 6.54 Å². The van der Waals surface area contributed by atoms with Crippen molar-refractivity contribution in [1.29, 1.82) is 0 Å². The average molecular weight is 323 g/mol. The summed E-state index contributed by atoms with van der Waals surface area (Å²) in [6, 6.07) is 10.4. The Kier molecular flexibility index (Phi) is 3.94. The Morgan fingerprint density at radius 3 is 2.79 bits per heavy atom. The van der Waals surface area contributed by atoms with Gasteiger partial charge in [0.1, 0.15) is 12.0 Å². The number of nitrogens with zero attached hydrogens (tertiary/aromatic N) is 3. The Morgan fingerprint density at radius 1 is 1.21 bits per heavy atom. The molecule has 0 aliphatic carbocycles. The van der Waals surface area contributed by atoms with Crippen molar-refractivity contribution in [3.05, 3.63) is 59.3 Å². The highest BCUT2D eigenvalue weighted by Crippen LogP contribution is 2.36. The summed E-state index contributed by atoms with van der Waals surface area (Å²) in [5.74, 6) is 1.60. The predicted octanol–water partition coefficient (Wildman–Crippen LogP) is 4.28. The third-order valence-electron chi connectivity index (χ3n) is 4.72. The van der Waals surface area contributed by atoms with Crippen LogP contribution in [0.4, 0.5) is 0 Å². The smallest absolute Gasteiger partial charge is 0.226 e. The molecule has 1 aliphatic heterocycles. The second kappa shape index (κ2) is 6.24. The summed E-state index contributed by atoms with van der Waals surface area (Å²) >= 11 is 0. The minimum Gasteiger partial charge on any atom is -0.444 e. The normalized spacial score (nSPS) is 18.3. The summed E-state index contributed by atoms with van der Waals surface area (Å²) in [6.07, 6.45) is 4.08. The molecule has 5 heteroatoms. The number of rotatable bonds is 4. The van der Waals surface area contributed by atoms with Crippen LogP contribution in [0.25, 0.3) is 11.5 Å².